The highest BCUT2D eigenvalue weighted by molar-refractivity contribution is 5.96. The first-order valence-electron chi connectivity index (χ1n) is 8.78. The molecule has 0 saturated heterocycles. The fraction of sp³-hybridized carbons (Fsp3) is 0.579. The van der Waals surface area contributed by atoms with E-state index in [0.717, 1.165) is 11.1 Å². The second-order valence-corrected chi connectivity index (χ2v) is 8.18. The van der Waals surface area contributed by atoms with E-state index >= 15 is 0 Å². The smallest absolute Gasteiger partial charge is 0.459 e. The van der Waals surface area contributed by atoms with Gasteiger partial charge in [-0.25, -0.2) is 0 Å². The van der Waals surface area contributed by atoms with Gasteiger partial charge in [0.1, 0.15) is 11.5 Å². The Labute approximate surface area is 165 Å². The number of ether oxygens (including phenoxy) is 1. The molecular formula is C19H23F5N2O3. The third-order valence-corrected chi connectivity index (χ3v) is 4.70. The first-order valence-corrected chi connectivity index (χ1v) is 8.78. The number of alkyl halides is 5. The van der Waals surface area contributed by atoms with Crippen molar-refractivity contribution in [3.05, 3.63) is 29.3 Å². The summed E-state index contributed by atoms with van der Waals surface area (Å²) < 4.78 is 71.3. The van der Waals surface area contributed by atoms with E-state index in [9.17, 15) is 31.9 Å². The molecule has 1 aromatic rings. The van der Waals surface area contributed by atoms with Crippen LogP contribution in [-0.4, -0.2) is 46.2 Å². The van der Waals surface area contributed by atoms with Gasteiger partial charge in [-0.2, -0.15) is 32.1 Å². The van der Waals surface area contributed by atoms with Gasteiger partial charge in [-0.3, -0.25) is 4.79 Å². The summed E-state index contributed by atoms with van der Waals surface area (Å²) in [7, 11) is 0. The summed E-state index contributed by atoms with van der Waals surface area (Å²) in [5.74, 6) is -6.01. The molecule has 5 nitrogen and oxygen atoms in total. The molecule has 10 heteroatoms. The fourth-order valence-electron chi connectivity index (χ4n) is 2.95. The van der Waals surface area contributed by atoms with Crippen molar-refractivity contribution in [3.63, 3.8) is 0 Å². The quantitative estimate of drug-likeness (QED) is 0.740. The van der Waals surface area contributed by atoms with Gasteiger partial charge >= 0.3 is 12.1 Å². The van der Waals surface area contributed by atoms with Crippen LogP contribution in [0.25, 0.3) is 0 Å². The van der Waals surface area contributed by atoms with Gasteiger partial charge in [-0.1, -0.05) is 26.8 Å². The van der Waals surface area contributed by atoms with Crippen LogP contribution in [0.15, 0.2) is 23.3 Å². The summed E-state index contributed by atoms with van der Waals surface area (Å²) in [5, 5.41) is 14.4. The Morgan fingerprint density at radius 1 is 1.14 bits per heavy atom. The molecule has 1 atom stereocenters. The molecular weight excluding hydrogens is 399 g/mol. The Balaban J connectivity index is 2.33. The maximum Gasteiger partial charge on any atom is 0.459 e. The van der Waals surface area contributed by atoms with Crippen LogP contribution in [0.1, 0.15) is 38.3 Å². The molecule has 0 aliphatic carbocycles. The second kappa shape index (κ2) is 7.23. The van der Waals surface area contributed by atoms with Crippen molar-refractivity contribution in [2.45, 2.75) is 58.9 Å². The van der Waals surface area contributed by atoms with Crippen molar-refractivity contribution in [1.82, 2.24) is 5.01 Å². The predicted octanol–water partition coefficient (Wildman–Crippen LogP) is 4.20. The highest BCUT2D eigenvalue weighted by Gasteiger charge is 2.66. The summed E-state index contributed by atoms with van der Waals surface area (Å²) in [6.07, 6.45) is -7.04. The second-order valence-electron chi connectivity index (χ2n) is 8.18. The van der Waals surface area contributed by atoms with E-state index in [2.05, 4.69) is 5.10 Å². The number of aryl methyl sites for hydroxylation is 2. The van der Waals surface area contributed by atoms with Crippen LogP contribution in [-0.2, 0) is 4.79 Å². The van der Waals surface area contributed by atoms with Crippen molar-refractivity contribution in [2.24, 2.45) is 10.5 Å². The molecule has 0 fully saturated rings. The van der Waals surface area contributed by atoms with Crippen LogP contribution in [0.2, 0.25) is 0 Å². The lowest BCUT2D eigenvalue weighted by Gasteiger charge is -2.41. The van der Waals surface area contributed by atoms with E-state index < -0.39 is 47.9 Å². The molecule has 1 N–H and O–H groups in total. The number of carbonyl (C=O) groups is 1. The zero-order valence-corrected chi connectivity index (χ0v) is 16.7. The number of amides is 1. The van der Waals surface area contributed by atoms with Crippen molar-refractivity contribution in [1.29, 1.82) is 0 Å². The molecule has 2 rings (SSSR count). The molecule has 162 valence electrons. The van der Waals surface area contributed by atoms with Crippen LogP contribution < -0.4 is 4.74 Å². The van der Waals surface area contributed by atoms with Gasteiger partial charge in [0.15, 0.2) is 12.3 Å². The van der Waals surface area contributed by atoms with Crippen LogP contribution in [0.5, 0.6) is 5.75 Å². The van der Waals surface area contributed by atoms with Gasteiger partial charge in [0.2, 0.25) is 0 Å². The molecule has 1 aromatic carbocycles. The molecule has 0 bridgehead atoms. The van der Waals surface area contributed by atoms with Gasteiger partial charge in [-0.15, -0.1) is 0 Å². The van der Waals surface area contributed by atoms with Crippen LogP contribution >= 0.6 is 0 Å². The summed E-state index contributed by atoms with van der Waals surface area (Å²) in [6.45, 7) is 7.12. The van der Waals surface area contributed by atoms with Crippen LogP contribution in [0, 0.1) is 19.3 Å². The number of carbonyl (C=O) groups excluding carboxylic acids is 1. The van der Waals surface area contributed by atoms with Gasteiger partial charge in [0, 0.05) is 11.8 Å². The van der Waals surface area contributed by atoms with E-state index in [1.54, 1.807) is 26.0 Å². The number of halogens is 5. The Kier molecular flexibility index (Phi) is 5.75. The molecule has 1 heterocycles. The molecule has 0 aromatic heterocycles. The lowest BCUT2D eigenvalue weighted by atomic mass is 9.79. The molecule has 1 amide bonds. The van der Waals surface area contributed by atoms with Crippen molar-refractivity contribution >= 4 is 11.6 Å². The number of nitrogens with zero attached hydrogens (tertiary/aromatic N) is 2. The minimum atomic E-state index is -5.90. The average molecular weight is 422 g/mol. The molecule has 1 aliphatic rings. The standard InChI is InChI=1S/C19H23F5N2O3/c1-11-6-12(2)8-13(7-11)29-10-15(27)26-17(28,16(3,4)5)9-14(25-26)18(20,21)19(22,23)24/h6-8,28H,9-10H2,1-5H3/t17-/m0/s1. The summed E-state index contributed by atoms with van der Waals surface area (Å²) in [6, 6.07) is 5.13. The van der Waals surface area contributed by atoms with E-state index in [-0.39, 0.29) is 5.01 Å². The van der Waals surface area contributed by atoms with Gasteiger partial charge in [0.05, 0.1) is 0 Å². The first kappa shape index (κ1) is 23.1. The van der Waals surface area contributed by atoms with E-state index in [0.29, 0.717) is 5.75 Å². The minimum absolute atomic E-state index is 0.282. The maximum atomic E-state index is 13.8. The van der Waals surface area contributed by atoms with Gasteiger partial charge < -0.3 is 9.84 Å². The Bertz CT molecular complexity index is 810. The van der Waals surface area contributed by atoms with Crippen molar-refractivity contribution in [3.8, 4) is 5.75 Å². The van der Waals surface area contributed by atoms with Crippen molar-refractivity contribution in [2.75, 3.05) is 6.61 Å². The summed E-state index contributed by atoms with van der Waals surface area (Å²) in [4.78, 5) is 12.6. The van der Waals surface area contributed by atoms with Crippen molar-refractivity contribution < 1.29 is 36.6 Å². The molecule has 1 aliphatic heterocycles. The fourth-order valence-corrected chi connectivity index (χ4v) is 2.95. The predicted molar refractivity (Wildman–Crippen MR) is 95.7 cm³/mol. The zero-order chi connectivity index (χ0) is 22.4. The number of rotatable bonds is 4. The molecule has 0 spiro atoms. The average Bonchev–Trinajstić information content (AvgIpc) is 2.90. The molecule has 0 unspecified atom stereocenters. The normalized spacial score (nSPS) is 20.7. The lowest BCUT2D eigenvalue weighted by molar-refractivity contribution is -0.250. The number of hydrogen-bond donors (Lipinski definition) is 1. The highest BCUT2D eigenvalue weighted by atomic mass is 19.4. The molecule has 29 heavy (non-hydrogen) atoms. The monoisotopic (exact) mass is 422 g/mol. The first-order chi connectivity index (χ1) is 13.0. The largest absolute Gasteiger partial charge is 0.484 e. The highest BCUT2D eigenvalue weighted by Crippen LogP contribution is 2.47. The van der Waals surface area contributed by atoms with E-state index in [1.165, 1.54) is 20.8 Å². The third-order valence-electron chi connectivity index (χ3n) is 4.70. The number of hydrazone groups is 1. The minimum Gasteiger partial charge on any atom is -0.484 e. The third kappa shape index (κ3) is 4.36. The lowest BCUT2D eigenvalue weighted by Crippen LogP contribution is -2.56. The Morgan fingerprint density at radius 3 is 2.10 bits per heavy atom. The summed E-state index contributed by atoms with van der Waals surface area (Å²) >= 11 is 0. The zero-order valence-electron chi connectivity index (χ0n) is 16.7. The Hall–Kier alpha value is -2.23. The summed E-state index contributed by atoms with van der Waals surface area (Å²) in [5.41, 5.74) is -3.56. The van der Waals surface area contributed by atoms with Gasteiger partial charge in [-0.05, 0) is 37.1 Å². The number of benzene rings is 1. The van der Waals surface area contributed by atoms with Crippen LogP contribution in [0.3, 0.4) is 0 Å². The molecule has 0 radical (unpaired) electrons. The van der Waals surface area contributed by atoms with Gasteiger partial charge in [0.25, 0.3) is 5.91 Å². The maximum absolute atomic E-state index is 13.8. The number of hydrogen-bond acceptors (Lipinski definition) is 4. The van der Waals surface area contributed by atoms with E-state index in [1.807, 2.05) is 6.07 Å². The van der Waals surface area contributed by atoms with Crippen LogP contribution in [0.4, 0.5) is 22.0 Å². The van der Waals surface area contributed by atoms with E-state index in [4.69, 9.17) is 4.74 Å². The molecule has 0 saturated carbocycles. The SMILES string of the molecule is Cc1cc(C)cc(OCC(=O)N2N=C(C(F)(F)C(F)(F)F)C[C@]2(O)C(C)(C)C)c1. The number of aliphatic hydroxyl groups is 1. The topological polar surface area (TPSA) is 62.1 Å². The Morgan fingerprint density at radius 2 is 1.66 bits per heavy atom.